The van der Waals surface area contributed by atoms with Crippen LogP contribution in [0.4, 0.5) is 0 Å². The van der Waals surface area contributed by atoms with Gasteiger partial charge in [-0.25, -0.2) is 0 Å². The molecule has 0 saturated carbocycles. The maximum absolute atomic E-state index is 13.0. The molecule has 0 bridgehead atoms. The summed E-state index contributed by atoms with van der Waals surface area (Å²) in [5.74, 6) is 0.196. The van der Waals surface area contributed by atoms with Crippen molar-refractivity contribution in [1.29, 1.82) is 0 Å². The lowest BCUT2D eigenvalue weighted by atomic mass is 10.1. The van der Waals surface area contributed by atoms with Crippen LogP contribution >= 0.6 is 0 Å². The van der Waals surface area contributed by atoms with Gasteiger partial charge in [0.1, 0.15) is 18.3 Å². The van der Waals surface area contributed by atoms with Gasteiger partial charge >= 0.3 is 0 Å². The van der Waals surface area contributed by atoms with Gasteiger partial charge in [-0.15, -0.1) is 0 Å². The average molecular weight is 480 g/mol. The van der Waals surface area contributed by atoms with Gasteiger partial charge in [0.25, 0.3) is 0 Å². The Morgan fingerprint density at radius 3 is 2.62 bits per heavy atom. The summed E-state index contributed by atoms with van der Waals surface area (Å²) in [4.78, 5) is 33.0. The lowest BCUT2D eigenvalue weighted by Gasteiger charge is -2.33. The van der Waals surface area contributed by atoms with Crippen LogP contribution in [0.2, 0.25) is 0 Å². The van der Waals surface area contributed by atoms with Crippen molar-refractivity contribution in [2.45, 2.75) is 64.8 Å². The maximum atomic E-state index is 13.0. The summed E-state index contributed by atoms with van der Waals surface area (Å²) in [5, 5.41) is 21.2. The van der Waals surface area contributed by atoms with E-state index in [1.165, 1.54) is 6.92 Å². The number of rotatable bonds is 6. The van der Waals surface area contributed by atoms with Crippen molar-refractivity contribution in [2.24, 2.45) is 5.92 Å². The Labute approximate surface area is 203 Å². The molecule has 192 valence electrons. The number of hydrogen-bond acceptors (Lipinski definition) is 7. The van der Waals surface area contributed by atoms with Crippen LogP contribution in [0.1, 0.15) is 45.7 Å². The second-order valence-electron chi connectivity index (χ2n) is 9.28. The average Bonchev–Trinajstić information content (AvgIpc) is 2.80. The van der Waals surface area contributed by atoms with Gasteiger partial charge in [-0.1, -0.05) is 19.9 Å². The SMILES string of the molecule is CC(=O)N1CCN(C(=O)Cc2ccccn2)CCCCOC[C@@H](O)[C@@H](O)[C@H](OCCC(C)C)C1. The predicted octanol–water partition coefficient (Wildman–Crippen LogP) is 1.26. The summed E-state index contributed by atoms with van der Waals surface area (Å²) in [6.45, 7) is 7.76. The van der Waals surface area contributed by atoms with E-state index in [1.54, 1.807) is 16.0 Å². The Bertz CT molecular complexity index is 733. The number of amides is 2. The van der Waals surface area contributed by atoms with Crippen LogP contribution in [-0.2, 0) is 25.5 Å². The molecule has 1 aromatic heterocycles. The van der Waals surface area contributed by atoms with Gasteiger partial charge in [-0.3, -0.25) is 14.6 Å². The molecule has 2 rings (SSSR count). The third kappa shape index (κ3) is 10.0. The summed E-state index contributed by atoms with van der Waals surface area (Å²) in [6, 6.07) is 5.49. The summed E-state index contributed by atoms with van der Waals surface area (Å²) in [6.07, 6.45) is 1.03. The van der Waals surface area contributed by atoms with E-state index in [1.807, 2.05) is 18.2 Å². The quantitative estimate of drug-likeness (QED) is 0.632. The molecule has 2 heterocycles. The predicted molar refractivity (Wildman–Crippen MR) is 128 cm³/mol. The summed E-state index contributed by atoms with van der Waals surface area (Å²) in [7, 11) is 0. The van der Waals surface area contributed by atoms with Gasteiger partial charge in [0, 0.05) is 58.2 Å². The van der Waals surface area contributed by atoms with Gasteiger partial charge < -0.3 is 29.5 Å². The van der Waals surface area contributed by atoms with Crippen molar-refractivity contribution >= 4 is 11.8 Å². The number of nitrogens with zero attached hydrogens (tertiary/aromatic N) is 3. The first-order valence-corrected chi connectivity index (χ1v) is 12.3. The molecule has 9 heteroatoms. The molecular formula is C25H41N3O6. The monoisotopic (exact) mass is 479 g/mol. The third-order valence-corrected chi connectivity index (χ3v) is 5.95. The third-order valence-electron chi connectivity index (χ3n) is 5.95. The Morgan fingerprint density at radius 2 is 1.94 bits per heavy atom. The molecule has 0 unspecified atom stereocenters. The molecule has 34 heavy (non-hydrogen) atoms. The van der Waals surface area contributed by atoms with Crippen molar-refractivity contribution < 1.29 is 29.3 Å². The van der Waals surface area contributed by atoms with Crippen LogP contribution in [0.5, 0.6) is 0 Å². The van der Waals surface area contributed by atoms with Crippen molar-refractivity contribution in [3.63, 3.8) is 0 Å². The zero-order valence-corrected chi connectivity index (χ0v) is 20.8. The highest BCUT2D eigenvalue weighted by molar-refractivity contribution is 5.78. The van der Waals surface area contributed by atoms with Gasteiger partial charge in [0.2, 0.25) is 11.8 Å². The molecule has 0 radical (unpaired) electrons. The minimum Gasteiger partial charge on any atom is -0.388 e. The van der Waals surface area contributed by atoms with Crippen molar-refractivity contribution in [2.75, 3.05) is 46.0 Å². The van der Waals surface area contributed by atoms with Gasteiger partial charge in [0.05, 0.1) is 13.0 Å². The fourth-order valence-electron chi connectivity index (χ4n) is 3.74. The standard InChI is InChI=1S/C25H41N3O6/c1-19(2)9-15-34-23-17-28(20(3)29)13-12-27(24(31)16-21-8-4-5-10-26-21)11-6-7-14-33-18-22(30)25(23)32/h4-5,8,10,19,22-23,25,30,32H,6-7,9,11-18H2,1-3H3/t22-,23-,25-/m1/s1. The molecule has 1 aliphatic heterocycles. The lowest BCUT2D eigenvalue weighted by molar-refractivity contribution is -0.142. The van der Waals surface area contributed by atoms with Gasteiger partial charge in [-0.2, -0.15) is 0 Å². The highest BCUT2D eigenvalue weighted by atomic mass is 16.5. The lowest BCUT2D eigenvalue weighted by Crippen LogP contribution is -2.50. The topological polar surface area (TPSA) is 112 Å². The second kappa shape index (κ2) is 15.0. The molecule has 1 aromatic rings. The number of carbonyl (C=O) groups excluding carboxylic acids is 2. The fraction of sp³-hybridized carbons (Fsp3) is 0.720. The first-order chi connectivity index (χ1) is 16.3. The Balaban J connectivity index is 2.13. The molecule has 2 amide bonds. The number of ether oxygens (including phenoxy) is 2. The fourth-order valence-corrected chi connectivity index (χ4v) is 3.74. The molecule has 1 fully saturated rings. The molecule has 0 aromatic carbocycles. The van der Waals surface area contributed by atoms with E-state index in [0.29, 0.717) is 50.9 Å². The summed E-state index contributed by atoms with van der Waals surface area (Å²) < 4.78 is 11.5. The minimum atomic E-state index is -1.20. The Morgan fingerprint density at radius 1 is 1.18 bits per heavy atom. The normalized spacial score (nSPS) is 23.5. The zero-order valence-electron chi connectivity index (χ0n) is 20.8. The van der Waals surface area contributed by atoms with E-state index in [2.05, 4.69) is 18.8 Å². The van der Waals surface area contributed by atoms with Crippen LogP contribution in [0, 0.1) is 5.92 Å². The van der Waals surface area contributed by atoms with E-state index >= 15 is 0 Å². The summed E-state index contributed by atoms with van der Waals surface area (Å²) >= 11 is 0. The highest BCUT2D eigenvalue weighted by Gasteiger charge is 2.30. The molecule has 1 saturated heterocycles. The maximum Gasteiger partial charge on any atom is 0.228 e. The second-order valence-corrected chi connectivity index (χ2v) is 9.28. The van der Waals surface area contributed by atoms with Crippen LogP contribution in [-0.4, -0.2) is 101 Å². The molecule has 0 aliphatic carbocycles. The van der Waals surface area contributed by atoms with E-state index in [9.17, 15) is 19.8 Å². The molecule has 3 atom stereocenters. The van der Waals surface area contributed by atoms with E-state index < -0.39 is 18.3 Å². The highest BCUT2D eigenvalue weighted by Crippen LogP contribution is 2.13. The van der Waals surface area contributed by atoms with Gasteiger partial charge in [-0.05, 0) is 37.3 Å². The Hall–Kier alpha value is -2.07. The van der Waals surface area contributed by atoms with Crippen molar-refractivity contribution in [3.05, 3.63) is 30.1 Å². The number of aliphatic hydroxyl groups excluding tert-OH is 2. The van der Waals surface area contributed by atoms with E-state index in [4.69, 9.17) is 9.47 Å². The molecule has 0 spiro atoms. The largest absolute Gasteiger partial charge is 0.388 e. The first-order valence-electron chi connectivity index (χ1n) is 12.3. The first kappa shape index (κ1) is 28.2. The number of aromatic nitrogens is 1. The number of pyridine rings is 1. The van der Waals surface area contributed by atoms with Crippen LogP contribution in [0.3, 0.4) is 0 Å². The zero-order chi connectivity index (χ0) is 24.9. The van der Waals surface area contributed by atoms with Crippen LogP contribution in [0.25, 0.3) is 0 Å². The number of carbonyl (C=O) groups is 2. The Kier molecular flexibility index (Phi) is 12.5. The molecule has 2 N–H and O–H groups in total. The number of aliphatic hydroxyl groups is 2. The molecular weight excluding hydrogens is 438 g/mol. The van der Waals surface area contributed by atoms with E-state index in [0.717, 1.165) is 12.8 Å². The van der Waals surface area contributed by atoms with Crippen molar-refractivity contribution in [3.8, 4) is 0 Å². The molecule has 9 nitrogen and oxygen atoms in total. The van der Waals surface area contributed by atoms with Crippen LogP contribution in [0.15, 0.2) is 24.4 Å². The van der Waals surface area contributed by atoms with E-state index in [-0.39, 0.29) is 31.4 Å². The van der Waals surface area contributed by atoms with Crippen LogP contribution < -0.4 is 0 Å². The van der Waals surface area contributed by atoms with Crippen molar-refractivity contribution in [1.82, 2.24) is 14.8 Å². The smallest absolute Gasteiger partial charge is 0.228 e. The molecule has 1 aliphatic rings. The summed E-state index contributed by atoms with van der Waals surface area (Å²) in [5.41, 5.74) is 0.703. The number of hydrogen-bond donors (Lipinski definition) is 2. The van der Waals surface area contributed by atoms with Gasteiger partial charge in [0.15, 0.2) is 0 Å². The minimum absolute atomic E-state index is 0.0202.